The van der Waals surface area contributed by atoms with Crippen molar-refractivity contribution in [3.05, 3.63) is 111 Å². The van der Waals surface area contributed by atoms with Crippen molar-refractivity contribution in [1.82, 2.24) is 9.55 Å². The van der Waals surface area contributed by atoms with E-state index in [0.29, 0.717) is 29.1 Å². The molecule has 4 rings (SSSR count). The van der Waals surface area contributed by atoms with Crippen LogP contribution in [0.5, 0.6) is 5.75 Å². The Morgan fingerprint density at radius 2 is 1.69 bits per heavy atom. The first-order valence-corrected chi connectivity index (χ1v) is 14.3. The SMILES string of the molecule is CCCCc1c(Cc2ccc(-c3ccccc3C#N)cc2)c(=O)nc(C)n1-c1ccc(OC(C)(C)C(=O)OCC)cc1. The van der Waals surface area contributed by atoms with Crippen LogP contribution in [0.3, 0.4) is 0 Å². The zero-order valence-electron chi connectivity index (χ0n) is 24.9. The summed E-state index contributed by atoms with van der Waals surface area (Å²) >= 11 is 0. The number of hydrogen-bond acceptors (Lipinski definition) is 6. The highest BCUT2D eigenvalue weighted by Gasteiger charge is 2.31. The van der Waals surface area contributed by atoms with Gasteiger partial charge in [0.25, 0.3) is 5.56 Å². The molecule has 0 N–H and O–H groups in total. The number of benzene rings is 3. The maximum absolute atomic E-state index is 13.3. The monoisotopic (exact) mass is 563 g/mol. The van der Waals surface area contributed by atoms with Crippen LogP contribution in [0.15, 0.2) is 77.6 Å². The van der Waals surface area contributed by atoms with E-state index in [1.165, 1.54) is 0 Å². The standard InChI is InChI=1S/C35H37N3O4/c1-6-8-13-32-31(22-25-14-16-26(17-15-25)30-12-10-9-11-27(30)23-36)33(39)37-24(3)38(32)28-18-20-29(21-19-28)42-35(4,5)34(40)41-7-2/h9-12,14-21H,6-8,13,22H2,1-5H3. The van der Waals surface area contributed by atoms with Crippen LogP contribution in [0, 0.1) is 18.3 Å². The lowest BCUT2D eigenvalue weighted by Gasteiger charge is -2.24. The molecule has 0 spiro atoms. The number of unbranched alkanes of at least 4 members (excludes halogenated alkanes) is 1. The lowest BCUT2D eigenvalue weighted by atomic mass is 9.96. The van der Waals surface area contributed by atoms with Crippen molar-refractivity contribution >= 4 is 5.97 Å². The van der Waals surface area contributed by atoms with Gasteiger partial charge in [0.1, 0.15) is 11.6 Å². The number of hydrogen-bond donors (Lipinski definition) is 0. The summed E-state index contributed by atoms with van der Waals surface area (Å²) in [5.41, 5.74) is 4.57. The lowest BCUT2D eigenvalue weighted by Crippen LogP contribution is -2.39. The molecule has 4 aromatic rings. The first-order valence-electron chi connectivity index (χ1n) is 14.3. The average Bonchev–Trinajstić information content (AvgIpc) is 2.98. The van der Waals surface area contributed by atoms with Gasteiger partial charge in [0, 0.05) is 23.4 Å². The molecule has 216 valence electrons. The molecular weight excluding hydrogens is 526 g/mol. The van der Waals surface area contributed by atoms with Crippen LogP contribution in [0.25, 0.3) is 16.8 Å². The summed E-state index contributed by atoms with van der Waals surface area (Å²) in [5.74, 6) is 0.721. The molecular formula is C35H37N3O4. The molecule has 1 heterocycles. The van der Waals surface area contributed by atoms with Crippen LogP contribution in [0.2, 0.25) is 0 Å². The minimum atomic E-state index is -1.13. The highest BCUT2D eigenvalue weighted by atomic mass is 16.6. The molecule has 7 heteroatoms. The van der Waals surface area contributed by atoms with Gasteiger partial charge < -0.3 is 14.0 Å². The molecule has 3 aromatic carbocycles. The van der Waals surface area contributed by atoms with Gasteiger partial charge in [-0.15, -0.1) is 0 Å². The Balaban J connectivity index is 1.68. The topological polar surface area (TPSA) is 94.2 Å². The van der Waals surface area contributed by atoms with Crippen LogP contribution in [0.4, 0.5) is 0 Å². The van der Waals surface area contributed by atoms with Gasteiger partial charge >= 0.3 is 5.97 Å². The van der Waals surface area contributed by atoms with E-state index in [1.54, 1.807) is 20.8 Å². The summed E-state index contributed by atoms with van der Waals surface area (Å²) in [4.78, 5) is 30.0. The maximum atomic E-state index is 13.3. The van der Waals surface area contributed by atoms with Gasteiger partial charge in [-0.1, -0.05) is 55.8 Å². The van der Waals surface area contributed by atoms with Crippen molar-refractivity contribution in [3.8, 4) is 28.6 Å². The molecule has 0 aliphatic heterocycles. The first-order chi connectivity index (χ1) is 20.2. The maximum Gasteiger partial charge on any atom is 0.349 e. The fraction of sp³-hybridized carbons (Fsp3) is 0.314. The third kappa shape index (κ3) is 6.77. The van der Waals surface area contributed by atoms with Crippen molar-refractivity contribution in [2.75, 3.05) is 6.61 Å². The van der Waals surface area contributed by atoms with Gasteiger partial charge in [0.05, 0.1) is 18.2 Å². The van der Waals surface area contributed by atoms with Crippen LogP contribution in [0.1, 0.15) is 68.7 Å². The molecule has 0 aliphatic rings. The van der Waals surface area contributed by atoms with E-state index in [1.807, 2.05) is 84.3 Å². The van der Waals surface area contributed by atoms with Crippen LogP contribution in [-0.4, -0.2) is 27.7 Å². The fourth-order valence-electron chi connectivity index (χ4n) is 4.99. The quantitative estimate of drug-likeness (QED) is 0.188. The van der Waals surface area contributed by atoms with Gasteiger partial charge in [-0.3, -0.25) is 4.79 Å². The van der Waals surface area contributed by atoms with Gasteiger partial charge in [-0.05, 0) is 87.6 Å². The second kappa shape index (κ2) is 13.3. The lowest BCUT2D eigenvalue weighted by molar-refractivity contribution is -0.158. The number of carbonyl (C=O) groups is 1. The predicted molar refractivity (Wildman–Crippen MR) is 164 cm³/mol. The van der Waals surface area contributed by atoms with E-state index in [0.717, 1.165) is 47.3 Å². The fourth-order valence-corrected chi connectivity index (χ4v) is 4.99. The molecule has 0 amide bonds. The minimum Gasteiger partial charge on any atom is -0.476 e. The number of carbonyl (C=O) groups excluding carboxylic acids is 1. The van der Waals surface area contributed by atoms with E-state index in [4.69, 9.17) is 9.47 Å². The van der Waals surface area contributed by atoms with Gasteiger partial charge in [0.15, 0.2) is 5.60 Å². The number of aryl methyl sites for hydroxylation is 1. The van der Waals surface area contributed by atoms with Gasteiger partial charge in [-0.2, -0.15) is 10.2 Å². The number of nitrogens with zero attached hydrogens (tertiary/aromatic N) is 3. The van der Waals surface area contributed by atoms with Crippen LogP contribution in [-0.2, 0) is 22.4 Å². The number of esters is 1. The summed E-state index contributed by atoms with van der Waals surface area (Å²) < 4.78 is 13.1. The van der Waals surface area contributed by atoms with E-state index < -0.39 is 11.6 Å². The van der Waals surface area contributed by atoms with Crippen LogP contribution < -0.4 is 10.3 Å². The molecule has 0 bridgehead atoms. The molecule has 0 atom stereocenters. The zero-order chi connectivity index (χ0) is 30.3. The average molecular weight is 564 g/mol. The molecule has 42 heavy (non-hydrogen) atoms. The molecule has 0 radical (unpaired) electrons. The van der Waals surface area contributed by atoms with E-state index in [-0.39, 0.29) is 12.2 Å². The third-order valence-corrected chi connectivity index (χ3v) is 7.16. The van der Waals surface area contributed by atoms with Crippen molar-refractivity contribution in [2.45, 2.75) is 65.9 Å². The smallest absolute Gasteiger partial charge is 0.349 e. The molecule has 0 unspecified atom stereocenters. The molecule has 7 nitrogen and oxygen atoms in total. The Morgan fingerprint density at radius 3 is 2.33 bits per heavy atom. The molecule has 0 saturated carbocycles. The van der Waals surface area contributed by atoms with Crippen LogP contribution >= 0.6 is 0 Å². The van der Waals surface area contributed by atoms with Crippen molar-refractivity contribution in [3.63, 3.8) is 0 Å². The Morgan fingerprint density at radius 1 is 1.00 bits per heavy atom. The summed E-state index contributed by atoms with van der Waals surface area (Å²) in [7, 11) is 0. The Labute approximate surface area is 247 Å². The van der Waals surface area contributed by atoms with Crippen molar-refractivity contribution < 1.29 is 14.3 Å². The van der Waals surface area contributed by atoms with E-state index in [9.17, 15) is 14.9 Å². The van der Waals surface area contributed by atoms with Gasteiger partial charge in [-0.25, -0.2) is 4.79 Å². The minimum absolute atomic E-state index is 0.218. The largest absolute Gasteiger partial charge is 0.476 e. The molecule has 1 aromatic heterocycles. The predicted octanol–water partition coefficient (Wildman–Crippen LogP) is 6.73. The summed E-state index contributed by atoms with van der Waals surface area (Å²) in [6, 6.07) is 25.2. The molecule has 0 fully saturated rings. The number of rotatable bonds is 11. The first kappa shape index (κ1) is 30.3. The van der Waals surface area contributed by atoms with Crippen molar-refractivity contribution in [2.24, 2.45) is 0 Å². The second-order valence-electron chi connectivity index (χ2n) is 10.7. The second-order valence-corrected chi connectivity index (χ2v) is 10.7. The summed E-state index contributed by atoms with van der Waals surface area (Å²) in [5, 5.41) is 9.49. The summed E-state index contributed by atoms with van der Waals surface area (Å²) in [6.07, 6.45) is 3.08. The Hall–Kier alpha value is -4.70. The highest BCUT2D eigenvalue weighted by Crippen LogP contribution is 2.27. The summed E-state index contributed by atoms with van der Waals surface area (Å²) in [6.45, 7) is 9.38. The third-order valence-electron chi connectivity index (χ3n) is 7.16. The number of aromatic nitrogens is 2. The Bertz CT molecular complexity index is 1650. The zero-order valence-corrected chi connectivity index (χ0v) is 24.9. The molecule has 0 saturated heterocycles. The van der Waals surface area contributed by atoms with Crippen molar-refractivity contribution in [1.29, 1.82) is 5.26 Å². The molecule has 0 aliphatic carbocycles. The Kier molecular flexibility index (Phi) is 9.59. The van der Waals surface area contributed by atoms with E-state index >= 15 is 0 Å². The number of nitriles is 1. The number of ether oxygens (including phenoxy) is 2. The highest BCUT2D eigenvalue weighted by molar-refractivity contribution is 5.79. The van der Waals surface area contributed by atoms with E-state index in [2.05, 4.69) is 18.0 Å². The normalized spacial score (nSPS) is 11.1. The van der Waals surface area contributed by atoms with Gasteiger partial charge in [0.2, 0.25) is 0 Å².